The average Bonchev–Trinajstić information content (AvgIpc) is 2.64. The molecular formula is C21H27N3O3. The van der Waals surface area contributed by atoms with E-state index in [2.05, 4.69) is 4.98 Å². The highest BCUT2D eigenvalue weighted by Crippen LogP contribution is 2.19. The van der Waals surface area contributed by atoms with Crippen LogP contribution >= 0.6 is 0 Å². The first-order valence-electron chi connectivity index (χ1n) is 9.44. The number of nitrogens with zero attached hydrogens (tertiary/aromatic N) is 3. The van der Waals surface area contributed by atoms with Gasteiger partial charge in [0.1, 0.15) is 12.3 Å². The summed E-state index contributed by atoms with van der Waals surface area (Å²) in [5.41, 5.74) is 2.27. The second kappa shape index (κ2) is 8.37. The van der Waals surface area contributed by atoms with E-state index >= 15 is 0 Å². The van der Waals surface area contributed by atoms with Crippen molar-refractivity contribution in [2.45, 2.75) is 40.2 Å². The Bertz CT molecular complexity index is 858. The molecule has 3 rings (SSSR count). The molecule has 0 saturated carbocycles. The third-order valence-corrected chi connectivity index (χ3v) is 5.02. The van der Waals surface area contributed by atoms with Crippen molar-refractivity contribution in [3.63, 3.8) is 0 Å². The predicted molar refractivity (Wildman–Crippen MR) is 104 cm³/mol. The SMILES string of the molecule is Cc1ccc(OCC2CCCN(C(=O)Cn3c(C)cc(C)nc3=O)C2)cc1. The first-order valence-corrected chi connectivity index (χ1v) is 9.44. The Morgan fingerprint density at radius 1 is 1.22 bits per heavy atom. The van der Waals surface area contributed by atoms with Crippen molar-refractivity contribution in [2.75, 3.05) is 19.7 Å². The zero-order chi connectivity index (χ0) is 19.4. The fraction of sp³-hybridized carbons (Fsp3) is 0.476. The second-order valence-electron chi connectivity index (χ2n) is 7.38. The summed E-state index contributed by atoms with van der Waals surface area (Å²) in [6, 6.07) is 9.83. The molecule has 0 bridgehead atoms. The fourth-order valence-electron chi connectivity index (χ4n) is 3.48. The molecule has 0 radical (unpaired) electrons. The van der Waals surface area contributed by atoms with Crippen molar-refractivity contribution in [1.29, 1.82) is 0 Å². The van der Waals surface area contributed by atoms with Crippen LogP contribution in [0.3, 0.4) is 0 Å². The first-order chi connectivity index (χ1) is 12.9. The van der Waals surface area contributed by atoms with Gasteiger partial charge in [-0.1, -0.05) is 17.7 Å². The number of ether oxygens (including phenoxy) is 1. The topological polar surface area (TPSA) is 64.4 Å². The van der Waals surface area contributed by atoms with E-state index in [0.717, 1.165) is 30.8 Å². The van der Waals surface area contributed by atoms with Gasteiger partial charge in [0.25, 0.3) is 0 Å². The number of aryl methyl sites for hydroxylation is 3. The molecule has 1 fully saturated rings. The monoisotopic (exact) mass is 369 g/mol. The second-order valence-corrected chi connectivity index (χ2v) is 7.38. The molecule has 1 saturated heterocycles. The summed E-state index contributed by atoms with van der Waals surface area (Å²) in [5.74, 6) is 1.13. The molecule has 1 unspecified atom stereocenters. The van der Waals surface area contributed by atoms with Crippen molar-refractivity contribution in [2.24, 2.45) is 5.92 Å². The highest BCUT2D eigenvalue weighted by molar-refractivity contribution is 5.76. The Labute approximate surface area is 159 Å². The highest BCUT2D eigenvalue weighted by Gasteiger charge is 2.24. The number of rotatable bonds is 5. The number of hydrogen-bond acceptors (Lipinski definition) is 4. The third kappa shape index (κ3) is 4.96. The number of hydrogen-bond donors (Lipinski definition) is 0. The van der Waals surface area contributed by atoms with Crippen molar-refractivity contribution in [1.82, 2.24) is 14.5 Å². The smallest absolute Gasteiger partial charge is 0.348 e. The van der Waals surface area contributed by atoms with E-state index in [0.29, 0.717) is 24.8 Å². The van der Waals surface area contributed by atoms with Gasteiger partial charge >= 0.3 is 5.69 Å². The maximum atomic E-state index is 12.7. The molecule has 144 valence electrons. The van der Waals surface area contributed by atoms with E-state index in [-0.39, 0.29) is 18.1 Å². The van der Waals surface area contributed by atoms with E-state index in [1.165, 1.54) is 10.1 Å². The number of amides is 1. The van der Waals surface area contributed by atoms with Crippen molar-refractivity contribution in [3.05, 3.63) is 57.8 Å². The maximum Gasteiger partial charge on any atom is 0.348 e. The molecule has 1 aliphatic heterocycles. The summed E-state index contributed by atoms with van der Waals surface area (Å²) >= 11 is 0. The number of benzene rings is 1. The van der Waals surface area contributed by atoms with Gasteiger partial charge in [-0.2, -0.15) is 4.98 Å². The molecule has 2 heterocycles. The van der Waals surface area contributed by atoms with Gasteiger partial charge in [0.2, 0.25) is 5.91 Å². The first kappa shape index (κ1) is 19.1. The number of carbonyl (C=O) groups is 1. The van der Waals surface area contributed by atoms with Gasteiger partial charge in [0, 0.05) is 30.4 Å². The standard InChI is InChI=1S/C21H27N3O3/c1-15-6-8-19(9-7-15)27-14-18-5-4-10-23(12-18)20(25)13-24-17(3)11-16(2)22-21(24)26/h6-9,11,18H,4-5,10,12-14H2,1-3H3. The van der Waals surface area contributed by atoms with E-state index < -0.39 is 0 Å². The van der Waals surface area contributed by atoms with Crippen LogP contribution in [0, 0.1) is 26.7 Å². The lowest BCUT2D eigenvalue weighted by molar-refractivity contribution is -0.134. The fourth-order valence-corrected chi connectivity index (χ4v) is 3.48. The van der Waals surface area contributed by atoms with Gasteiger partial charge in [-0.3, -0.25) is 9.36 Å². The molecule has 2 aromatic rings. The lowest BCUT2D eigenvalue weighted by Crippen LogP contribution is -2.44. The van der Waals surface area contributed by atoms with Crippen molar-refractivity contribution >= 4 is 5.91 Å². The Morgan fingerprint density at radius 2 is 1.96 bits per heavy atom. The van der Waals surface area contributed by atoms with E-state index in [1.54, 1.807) is 6.92 Å². The van der Waals surface area contributed by atoms with Crippen LogP contribution in [0.2, 0.25) is 0 Å². The number of carbonyl (C=O) groups excluding carboxylic acids is 1. The molecule has 27 heavy (non-hydrogen) atoms. The molecule has 1 aliphatic rings. The van der Waals surface area contributed by atoms with Gasteiger partial charge in [0.15, 0.2) is 0 Å². The molecule has 0 N–H and O–H groups in total. The third-order valence-electron chi connectivity index (χ3n) is 5.02. The van der Waals surface area contributed by atoms with Gasteiger partial charge in [-0.05, 0) is 51.8 Å². The van der Waals surface area contributed by atoms with Crippen molar-refractivity contribution < 1.29 is 9.53 Å². The van der Waals surface area contributed by atoms with Crippen LogP contribution in [-0.2, 0) is 11.3 Å². The van der Waals surface area contributed by atoms with Crippen LogP contribution < -0.4 is 10.4 Å². The Kier molecular flexibility index (Phi) is 5.94. The van der Waals surface area contributed by atoms with Crippen LogP contribution in [0.25, 0.3) is 0 Å². The normalized spacial score (nSPS) is 17.0. The Balaban J connectivity index is 1.58. The highest BCUT2D eigenvalue weighted by atomic mass is 16.5. The maximum absolute atomic E-state index is 12.7. The number of likely N-dealkylation sites (tertiary alicyclic amines) is 1. The minimum atomic E-state index is -0.364. The van der Waals surface area contributed by atoms with E-state index in [9.17, 15) is 9.59 Å². The minimum Gasteiger partial charge on any atom is -0.493 e. The average molecular weight is 369 g/mol. The van der Waals surface area contributed by atoms with Gasteiger partial charge < -0.3 is 9.64 Å². The van der Waals surface area contributed by atoms with Crippen LogP contribution in [0.4, 0.5) is 0 Å². The summed E-state index contributed by atoms with van der Waals surface area (Å²) in [7, 11) is 0. The molecule has 6 heteroatoms. The molecule has 1 aromatic carbocycles. The summed E-state index contributed by atoms with van der Waals surface area (Å²) in [5, 5.41) is 0. The number of piperidine rings is 1. The van der Waals surface area contributed by atoms with E-state index in [4.69, 9.17) is 4.74 Å². The zero-order valence-electron chi connectivity index (χ0n) is 16.3. The molecule has 1 atom stereocenters. The largest absolute Gasteiger partial charge is 0.493 e. The zero-order valence-corrected chi connectivity index (χ0v) is 16.3. The molecule has 0 spiro atoms. The summed E-state index contributed by atoms with van der Waals surface area (Å²) in [6.07, 6.45) is 1.99. The quantitative estimate of drug-likeness (QED) is 0.812. The Hall–Kier alpha value is -2.63. The van der Waals surface area contributed by atoms with Gasteiger partial charge in [-0.25, -0.2) is 4.79 Å². The molecular weight excluding hydrogens is 342 g/mol. The molecule has 1 aromatic heterocycles. The molecule has 1 amide bonds. The minimum absolute atomic E-state index is 0.0362. The van der Waals surface area contributed by atoms with Crippen LogP contribution in [0.1, 0.15) is 29.8 Å². The molecule has 6 nitrogen and oxygen atoms in total. The van der Waals surface area contributed by atoms with Crippen LogP contribution in [0.15, 0.2) is 35.1 Å². The van der Waals surface area contributed by atoms with Crippen LogP contribution in [-0.4, -0.2) is 40.1 Å². The number of aromatic nitrogens is 2. The lowest BCUT2D eigenvalue weighted by Gasteiger charge is -2.33. The molecule has 0 aliphatic carbocycles. The summed E-state index contributed by atoms with van der Waals surface area (Å²) < 4.78 is 7.34. The van der Waals surface area contributed by atoms with Gasteiger partial charge in [0.05, 0.1) is 6.61 Å². The van der Waals surface area contributed by atoms with Crippen molar-refractivity contribution in [3.8, 4) is 5.75 Å². The van der Waals surface area contributed by atoms with Gasteiger partial charge in [-0.15, -0.1) is 0 Å². The van der Waals surface area contributed by atoms with Crippen LogP contribution in [0.5, 0.6) is 5.75 Å². The Morgan fingerprint density at radius 3 is 2.67 bits per heavy atom. The lowest BCUT2D eigenvalue weighted by atomic mass is 9.99. The van der Waals surface area contributed by atoms with E-state index in [1.807, 2.05) is 49.1 Å². The predicted octanol–water partition coefficient (Wildman–Crippen LogP) is 2.49. The summed E-state index contributed by atoms with van der Waals surface area (Å²) in [6.45, 7) is 7.69. The summed E-state index contributed by atoms with van der Waals surface area (Å²) in [4.78, 5) is 30.6.